The van der Waals surface area contributed by atoms with Gasteiger partial charge >= 0.3 is 0 Å². The zero-order chi connectivity index (χ0) is 12.3. The summed E-state index contributed by atoms with van der Waals surface area (Å²) in [6.07, 6.45) is 0. The molecular weight excluding hydrogens is 222 g/mol. The lowest BCUT2D eigenvalue weighted by Crippen LogP contribution is -2.43. The van der Waals surface area contributed by atoms with Crippen LogP contribution in [0.2, 0.25) is 5.02 Å². The van der Waals surface area contributed by atoms with Crippen LogP contribution in [0, 0.1) is 6.92 Å². The lowest BCUT2D eigenvalue weighted by Gasteiger charge is -2.34. The highest BCUT2D eigenvalue weighted by molar-refractivity contribution is 6.31. The number of likely N-dealkylation sites (N-methyl/N-ethyl adjacent to an activating group) is 1. The second-order valence-electron chi connectivity index (χ2n) is 4.91. The van der Waals surface area contributed by atoms with Crippen molar-refractivity contribution in [1.82, 2.24) is 4.90 Å². The highest BCUT2D eigenvalue weighted by Crippen LogP contribution is 2.19. The maximum atomic E-state index is 9.28. The van der Waals surface area contributed by atoms with Crippen LogP contribution in [-0.4, -0.2) is 29.2 Å². The molecule has 0 fully saturated rings. The van der Waals surface area contributed by atoms with Crippen molar-refractivity contribution in [2.45, 2.75) is 32.9 Å². The largest absolute Gasteiger partial charge is 0.394 e. The molecule has 0 aromatic heterocycles. The molecule has 0 aliphatic rings. The van der Waals surface area contributed by atoms with Gasteiger partial charge in [0.25, 0.3) is 0 Å². The average Bonchev–Trinajstić information content (AvgIpc) is 2.23. The summed E-state index contributed by atoms with van der Waals surface area (Å²) in [5, 5.41) is 10.1. The molecule has 0 aliphatic heterocycles. The molecule has 0 bridgehead atoms. The second-order valence-corrected chi connectivity index (χ2v) is 5.32. The highest BCUT2D eigenvalue weighted by atomic mass is 35.5. The topological polar surface area (TPSA) is 23.5 Å². The Balaban J connectivity index is 2.77. The van der Waals surface area contributed by atoms with Gasteiger partial charge in [-0.2, -0.15) is 0 Å². The molecule has 1 aromatic carbocycles. The van der Waals surface area contributed by atoms with E-state index in [4.69, 9.17) is 11.6 Å². The molecule has 1 N–H and O–H groups in total. The molecule has 0 saturated heterocycles. The van der Waals surface area contributed by atoms with E-state index in [0.717, 1.165) is 17.1 Å². The van der Waals surface area contributed by atoms with Gasteiger partial charge in [0, 0.05) is 17.1 Å². The fourth-order valence-corrected chi connectivity index (χ4v) is 1.53. The van der Waals surface area contributed by atoms with E-state index in [-0.39, 0.29) is 12.1 Å². The van der Waals surface area contributed by atoms with Crippen LogP contribution in [0.5, 0.6) is 0 Å². The second kappa shape index (κ2) is 5.17. The van der Waals surface area contributed by atoms with Gasteiger partial charge < -0.3 is 5.11 Å². The first-order chi connectivity index (χ1) is 7.36. The molecule has 0 heterocycles. The number of halogens is 1. The summed E-state index contributed by atoms with van der Waals surface area (Å²) in [7, 11) is 2.01. The van der Waals surface area contributed by atoms with Gasteiger partial charge in [0.1, 0.15) is 0 Å². The van der Waals surface area contributed by atoms with Crippen molar-refractivity contribution in [3.8, 4) is 0 Å². The van der Waals surface area contributed by atoms with Crippen LogP contribution >= 0.6 is 11.6 Å². The number of nitrogens with zero attached hydrogens (tertiary/aromatic N) is 1. The van der Waals surface area contributed by atoms with Crippen molar-refractivity contribution in [3.63, 3.8) is 0 Å². The van der Waals surface area contributed by atoms with Crippen molar-refractivity contribution >= 4 is 11.6 Å². The summed E-state index contributed by atoms with van der Waals surface area (Å²) in [5.74, 6) is 0. The van der Waals surface area contributed by atoms with E-state index in [1.165, 1.54) is 5.56 Å². The molecule has 90 valence electrons. The zero-order valence-corrected chi connectivity index (χ0v) is 11.2. The molecule has 0 saturated carbocycles. The standard InChI is InChI=1S/C13H20ClNO/c1-10-7-11(5-6-12(10)14)8-15(4)13(2,3)9-16/h5-7,16H,8-9H2,1-4H3. The van der Waals surface area contributed by atoms with Gasteiger partial charge in [-0.15, -0.1) is 0 Å². The first-order valence-electron chi connectivity index (χ1n) is 5.44. The SMILES string of the molecule is Cc1cc(CN(C)C(C)(C)CO)ccc1Cl. The summed E-state index contributed by atoms with van der Waals surface area (Å²) in [6, 6.07) is 6.04. The van der Waals surface area contributed by atoms with E-state index in [2.05, 4.69) is 11.0 Å². The van der Waals surface area contributed by atoms with Gasteiger partial charge in [0.05, 0.1) is 6.61 Å². The third-order valence-electron chi connectivity index (χ3n) is 3.06. The Morgan fingerprint density at radius 2 is 2.00 bits per heavy atom. The summed E-state index contributed by atoms with van der Waals surface area (Å²) < 4.78 is 0. The molecular formula is C13H20ClNO. The quantitative estimate of drug-likeness (QED) is 0.876. The van der Waals surface area contributed by atoms with E-state index >= 15 is 0 Å². The van der Waals surface area contributed by atoms with Gasteiger partial charge in [0.15, 0.2) is 0 Å². The number of aryl methyl sites for hydroxylation is 1. The Labute approximate surface area is 103 Å². The first kappa shape index (κ1) is 13.5. The Bertz CT molecular complexity index is 363. The summed E-state index contributed by atoms with van der Waals surface area (Å²) in [6.45, 7) is 7.01. The molecule has 0 atom stereocenters. The number of aliphatic hydroxyl groups excluding tert-OH is 1. The molecule has 1 rings (SSSR count). The number of benzene rings is 1. The Morgan fingerprint density at radius 3 is 2.50 bits per heavy atom. The van der Waals surface area contributed by atoms with Crippen molar-refractivity contribution in [3.05, 3.63) is 34.3 Å². The summed E-state index contributed by atoms with van der Waals surface area (Å²) in [5.41, 5.74) is 2.10. The minimum Gasteiger partial charge on any atom is -0.394 e. The smallest absolute Gasteiger partial charge is 0.0610 e. The summed E-state index contributed by atoms with van der Waals surface area (Å²) in [4.78, 5) is 2.13. The highest BCUT2D eigenvalue weighted by Gasteiger charge is 2.22. The minimum atomic E-state index is -0.201. The molecule has 0 spiro atoms. The molecule has 0 unspecified atom stereocenters. The van der Waals surface area contributed by atoms with Crippen LogP contribution in [0.1, 0.15) is 25.0 Å². The van der Waals surface area contributed by atoms with Crippen LogP contribution in [0.4, 0.5) is 0 Å². The molecule has 2 nitrogen and oxygen atoms in total. The molecule has 16 heavy (non-hydrogen) atoms. The summed E-state index contributed by atoms with van der Waals surface area (Å²) >= 11 is 5.98. The number of rotatable bonds is 4. The fraction of sp³-hybridized carbons (Fsp3) is 0.538. The predicted molar refractivity (Wildman–Crippen MR) is 68.8 cm³/mol. The predicted octanol–water partition coefficient (Wildman–Crippen LogP) is 2.85. The van der Waals surface area contributed by atoms with Crippen LogP contribution in [-0.2, 0) is 6.54 Å². The first-order valence-corrected chi connectivity index (χ1v) is 5.82. The molecule has 0 aliphatic carbocycles. The van der Waals surface area contributed by atoms with E-state index in [1.807, 2.05) is 40.0 Å². The number of hydrogen-bond donors (Lipinski definition) is 1. The van der Waals surface area contributed by atoms with Crippen LogP contribution in [0.25, 0.3) is 0 Å². The van der Waals surface area contributed by atoms with Crippen LogP contribution in [0.15, 0.2) is 18.2 Å². The monoisotopic (exact) mass is 241 g/mol. The number of hydrogen-bond acceptors (Lipinski definition) is 2. The van der Waals surface area contributed by atoms with E-state index in [1.54, 1.807) is 0 Å². The van der Waals surface area contributed by atoms with Crippen molar-refractivity contribution < 1.29 is 5.11 Å². The van der Waals surface area contributed by atoms with Gasteiger partial charge in [-0.3, -0.25) is 4.90 Å². The fourth-order valence-electron chi connectivity index (χ4n) is 1.41. The lowest BCUT2D eigenvalue weighted by molar-refractivity contribution is 0.0734. The van der Waals surface area contributed by atoms with Gasteiger partial charge in [0.2, 0.25) is 0 Å². The molecule has 0 amide bonds. The Morgan fingerprint density at radius 1 is 1.38 bits per heavy atom. The third kappa shape index (κ3) is 3.21. The van der Waals surface area contributed by atoms with Crippen LogP contribution < -0.4 is 0 Å². The maximum Gasteiger partial charge on any atom is 0.0610 e. The van der Waals surface area contributed by atoms with Crippen molar-refractivity contribution in [2.75, 3.05) is 13.7 Å². The molecule has 3 heteroatoms. The van der Waals surface area contributed by atoms with Crippen LogP contribution in [0.3, 0.4) is 0 Å². The van der Waals surface area contributed by atoms with E-state index in [0.29, 0.717) is 0 Å². The van der Waals surface area contributed by atoms with Crippen molar-refractivity contribution in [1.29, 1.82) is 0 Å². The van der Waals surface area contributed by atoms with Gasteiger partial charge in [-0.05, 0) is 45.0 Å². The minimum absolute atomic E-state index is 0.149. The van der Waals surface area contributed by atoms with E-state index in [9.17, 15) is 5.11 Å². The zero-order valence-electron chi connectivity index (χ0n) is 10.4. The molecule has 1 aromatic rings. The maximum absolute atomic E-state index is 9.28. The average molecular weight is 242 g/mol. The molecule has 0 radical (unpaired) electrons. The lowest BCUT2D eigenvalue weighted by atomic mass is 10.0. The van der Waals surface area contributed by atoms with Gasteiger partial charge in [-0.25, -0.2) is 0 Å². The number of aliphatic hydroxyl groups is 1. The van der Waals surface area contributed by atoms with E-state index < -0.39 is 0 Å². The Kier molecular flexibility index (Phi) is 4.36. The Hall–Kier alpha value is -0.570. The van der Waals surface area contributed by atoms with Gasteiger partial charge in [-0.1, -0.05) is 23.7 Å². The third-order valence-corrected chi connectivity index (χ3v) is 3.49. The normalized spacial score (nSPS) is 12.2. The van der Waals surface area contributed by atoms with Crippen molar-refractivity contribution in [2.24, 2.45) is 0 Å².